The fourth-order valence-electron chi connectivity index (χ4n) is 3.35. The van der Waals surface area contributed by atoms with Crippen LogP contribution in [0.25, 0.3) is 0 Å². The predicted octanol–water partition coefficient (Wildman–Crippen LogP) is 3.56. The number of piperidine rings is 1. The molecule has 3 heteroatoms. The molecule has 1 saturated carbocycles. The van der Waals surface area contributed by atoms with Crippen molar-refractivity contribution in [3.63, 3.8) is 0 Å². The van der Waals surface area contributed by atoms with E-state index in [9.17, 15) is 0 Å². The monoisotopic (exact) mass is 315 g/mol. The molecule has 0 aromatic heterocycles. The standard InChI is InChI=1S/C15H28BrN2/c1-15(2,17-14-6-4-3-5-7-14)12-18-10-8-13(16)9-11-18/h13-14H,3-12H2,1-2H3. The smallest absolute Gasteiger partial charge is 0.0430 e. The highest BCUT2D eigenvalue weighted by Gasteiger charge is 2.28. The van der Waals surface area contributed by atoms with E-state index in [4.69, 9.17) is 5.32 Å². The van der Waals surface area contributed by atoms with Crippen LogP contribution >= 0.6 is 15.9 Å². The lowest BCUT2D eigenvalue weighted by Gasteiger charge is -2.38. The van der Waals surface area contributed by atoms with Crippen molar-refractivity contribution < 1.29 is 0 Å². The molecule has 1 aliphatic carbocycles. The van der Waals surface area contributed by atoms with Crippen molar-refractivity contribution in [3.8, 4) is 0 Å². The third kappa shape index (κ3) is 4.82. The summed E-state index contributed by atoms with van der Waals surface area (Å²) < 4.78 is 0. The fraction of sp³-hybridized carbons (Fsp3) is 1.00. The summed E-state index contributed by atoms with van der Waals surface area (Å²) in [6.45, 7) is 8.26. The van der Waals surface area contributed by atoms with Gasteiger partial charge in [-0.05, 0) is 52.6 Å². The van der Waals surface area contributed by atoms with E-state index in [0.29, 0.717) is 6.04 Å². The van der Waals surface area contributed by atoms with Gasteiger partial charge in [-0.1, -0.05) is 35.2 Å². The maximum absolute atomic E-state index is 5.13. The Hall–Kier alpha value is 0.400. The fourth-order valence-corrected chi connectivity index (χ4v) is 3.76. The van der Waals surface area contributed by atoms with Crippen molar-refractivity contribution in [2.45, 2.75) is 75.2 Å². The average Bonchev–Trinajstić information content (AvgIpc) is 2.32. The van der Waals surface area contributed by atoms with Crippen molar-refractivity contribution in [2.24, 2.45) is 0 Å². The van der Waals surface area contributed by atoms with E-state index in [1.807, 2.05) is 0 Å². The number of halogens is 1. The average molecular weight is 316 g/mol. The Balaban J connectivity index is 1.75. The SMILES string of the molecule is CC(C)(CN1CCC(Br)CC1)[N]C1CCCCC1. The second kappa shape index (κ2) is 6.71. The lowest BCUT2D eigenvalue weighted by molar-refractivity contribution is 0.156. The minimum absolute atomic E-state index is 0.140. The molecule has 0 N–H and O–H groups in total. The van der Waals surface area contributed by atoms with Crippen LogP contribution in [0.4, 0.5) is 0 Å². The Kier molecular flexibility index (Phi) is 5.52. The van der Waals surface area contributed by atoms with Crippen molar-refractivity contribution in [2.75, 3.05) is 19.6 Å². The molecule has 18 heavy (non-hydrogen) atoms. The van der Waals surface area contributed by atoms with Crippen LogP contribution < -0.4 is 5.32 Å². The van der Waals surface area contributed by atoms with Crippen molar-refractivity contribution in [1.82, 2.24) is 10.2 Å². The zero-order valence-corrected chi connectivity index (χ0v) is 13.6. The molecule has 1 radical (unpaired) electrons. The molecule has 0 amide bonds. The minimum Gasteiger partial charge on any atom is -0.301 e. The Morgan fingerprint density at radius 3 is 2.28 bits per heavy atom. The van der Waals surface area contributed by atoms with Crippen molar-refractivity contribution in [3.05, 3.63) is 0 Å². The van der Waals surface area contributed by atoms with Gasteiger partial charge >= 0.3 is 0 Å². The van der Waals surface area contributed by atoms with Crippen LogP contribution in [-0.4, -0.2) is 40.9 Å². The first kappa shape index (κ1) is 14.8. The zero-order chi connectivity index (χ0) is 13.0. The molecule has 0 bridgehead atoms. The van der Waals surface area contributed by atoms with Crippen LogP contribution in [0.2, 0.25) is 0 Å². The Labute approximate surface area is 121 Å². The molecular weight excluding hydrogens is 288 g/mol. The molecule has 0 unspecified atom stereocenters. The summed E-state index contributed by atoms with van der Waals surface area (Å²) in [7, 11) is 0. The normalized spacial score (nSPS) is 25.5. The highest BCUT2D eigenvalue weighted by atomic mass is 79.9. The summed E-state index contributed by atoms with van der Waals surface area (Å²) in [4.78, 5) is 3.34. The van der Waals surface area contributed by atoms with Crippen LogP contribution in [0.15, 0.2) is 0 Å². The second-order valence-corrected chi connectivity index (χ2v) is 7.98. The highest BCUT2D eigenvalue weighted by molar-refractivity contribution is 9.09. The molecule has 2 nitrogen and oxygen atoms in total. The van der Waals surface area contributed by atoms with E-state index in [2.05, 4.69) is 34.7 Å². The number of hydrogen-bond donors (Lipinski definition) is 0. The summed E-state index contributed by atoms with van der Waals surface area (Å²) in [6.07, 6.45) is 9.43. The molecule has 1 aliphatic heterocycles. The van der Waals surface area contributed by atoms with Crippen LogP contribution in [-0.2, 0) is 0 Å². The van der Waals surface area contributed by atoms with E-state index < -0.39 is 0 Å². The Bertz CT molecular complexity index is 241. The zero-order valence-electron chi connectivity index (χ0n) is 12.0. The molecule has 0 aromatic rings. The molecule has 105 valence electrons. The second-order valence-electron chi connectivity index (χ2n) is 6.68. The molecule has 2 fully saturated rings. The number of alkyl halides is 1. The quantitative estimate of drug-likeness (QED) is 0.725. The lowest BCUT2D eigenvalue weighted by atomic mass is 9.92. The minimum atomic E-state index is 0.140. The number of nitrogens with zero attached hydrogens (tertiary/aromatic N) is 2. The lowest BCUT2D eigenvalue weighted by Crippen LogP contribution is -2.50. The van der Waals surface area contributed by atoms with Crippen LogP contribution in [0.5, 0.6) is 0 Å². The summed E-state index contributed by atoms with van der Waals surface area (Å²) in [5.74, 6) is 0. The summed E-state index contributed by atoms with van der Waals surface area (Å²) in [5, 5.41) is 5.13. The number of rotatable bonds is 4. The first-order valence-corrected chi connectivity index (χ1v) is 8.55. The van der Waals surface area contributed by atoms with Gasteiger partial charge in [-0.15, -0.1) is 0 Å². The van der Waals surface area contributed by atoms with Crippen molar-refractivity contribution in [1.29, 1.82) is 0 Å². The molecule has 0 atom stereocenters. The number of likely N-dealkylation sites (tertiary alicyclic amines) is 1. The van der Waals surface area contributed by atoms with Gasteiger partial charge in [0.05, 0.1) is 0 Å². The topological polar surface area (TPSA) is 17.3 Å². The van der Waals surface area contributed by atoms with E-state index in [0.717, 1.165) is 11.4 Å². The molecule has 2 rings (SSSR count). The third-order valence-corrected chi connectivity index (χ3v) is 5.15. The third-order valence-electron chi connectivity index (χ3n) is 4.23. The molecule has 1 saturated heterocycles. The molecule has 1 heterocycles. The summed E-state index contributed by atoms with van der Waals surface area (Å²) >= 11 is 3.72. The highest BCUT2D eigenvalue weighted by Crippen LogP contribution is 2.23. The summed E-state index contributed by atoms with van der Waals surface area (Å²) in [5.41, 5.74) is 0.140. The molecule has 0 aromatic carbocycles. The van der Waals surface area contributed by atoms with Gasteiger partial charge in [0.1, 0.15) is 0 Å². The van der Waals surface area contributed by atoms with Crippen LogP contribution in [0.3, 0.4) is 0 Å². The van der Waals surface area contributed by atoms with E-state index in [1.165, 1.54) is 58.0 Å². The van der Waals surface area contributed by atoms with E-state index in [-0.39, 0.29) is 5.54 Å². The van der Waals surface area contributed by atoms with Crippen LogP contribution in [0, 0.1) is 0 Å². The van der Waals surface area contributed by atoms with Gasteiger partial charge in [0.25, 0.3) is 0 Å². The summed E-state index contributed by atoms with van der Waals surface area (Å²) in [6, 6.07) is 0.641. The van der Waals surface area contributed by atoms with Gasteiger partial charge in [0, 0.05) is 23.0 Å². The molecule has 0 spiro atoms. The van der Waals surface area contributed by atoms with Crippen molar-refractivity contribution >= 4 is 15.9 Å². The van der Waals surface area contributed by atoms with Gasteiger partial charge in [-0.3, -0.25) is 0 Å². The Morgan fingerprint density at radius 2 is 1.67 bits per heavy atom. The first-order chi connectivity index (χ1) is 8.55. The Morgan fingerprint density at radius 1 is 1.06 bits per heavy atom. The predicted molar refractivity (Wildman–Crippen MR) is 81.5 cm³/mol. The van der Waals surface area contributed by atoms with E-state index >= 15 is 0 Å². The van der Waals surface area contributed by atoms with Gasteiger partial charge in [0.2, 0.25) is 0 Å². The van der Waals surface area contributed by atoms with Gasteiger partial charge in [0.15, 0.2) is 0 Å². The van der Waals surface area contributed by atoms with Gasteiger partial charge in [-0.2, -0.15) is 0 Å². The maximum atomic E-state index is 5.13. The van der Waals surface area contributed by atoms with Gasteiger partial charge in [-0.25, -0.2) is 5.32 Å². The van der Waals surface area contributed by atoms with Gasteiger partial charge < -0.3 is 4.90 Å². The number of hydrogen-bond acceptors (Lipinski definition) is 1. The maximum Gasteiger partial charge on any atom is 0.0430 e. The molecular formula is C15H28BrN2. The first-order valence-electron chi connectivity index (χ1n) is 7.64. The van der Waals surface area contributed by atoms with E-state index in [1.54, 1.807) is 0 Å². The molecule has 2 aliphatic rings. The largest absolute Gasteiger partial charge is 0.301 e. The van der Waals surface area contributed by atoms with Crippen LogP contribution in [0.1, 0.15) is 58.8 Å².